The molecule has 0 bridgehead atoms. The number of benzene rings is 1. The summed E-state index contributed by atoms with van der Waals surface area (Å²) in [4.78, 5) is 16.8. The van der Waals surface area contributed by atoms with Crippen LogP contribution in [0, 0.1) is 0 Å². The van der Waals surface area contributed by atoms with Crippen molar-refractivity contribution in [3.63, 3.8) is 0 Å². The molecule has 1 aromatic heterocycles. The Labute approximate surface area is 159 Å². The maximum atomic E-state index is 12.7. The van der Waals surface area contributed by atoms with Crippen molar-refractivity contribution < 1.29 is 18.0 Å². The number of H-pyrrole nitrogens is 1. The highest BCUT2D eigenvalue weighted by molar-refractivity contribution is 6.30. The van der Waals surface area contributed by atoms with Crippen molar-refractivity contribution in [1.29, 1.82) is 0 Å². The highest BCUT2D eigenvalue weighted by atomic mass is 35.5. The lowest BCUT2D eigenvalue weighted by Gasteiger charge is -2.20. The average molecular weight is 402 g/mol. The lowest BCUT2D eigenvalue weighted by atomic mass is 10.0. The Hall–Kier alpha value is -2.55. The first kappa shape index (κ1) is 20.8. The predicted octanol–water partition coefficient (Wildman–Crippen LogP) is 4.47. The van der Waals surface area contributed by atoms with Crippen LogP contribution < -0.4 is 10.6 Å². The number of aliphatic imine (C=N–C) groups is 1. The number of halogens is 4. The first-order valence-corrected chi connectivity index (χ1v) is 8.44. The summed E-state index contributed by atoms with van der Waals surface area (Å²) in [6.45, 7) is 5.56. The van der Waals surface area contributed by atoms with Gasteiger partial charge in [0.1, 0.15) is 5.69 Å². The fraction of sp³-hybridized carbons (Fsp3) is 0.353. The molecular weight excluding hydrogens is 383 g/mol. The monoisotopic (exact) mass is 401 g/mol. The maximum absolute atomic E-state index is 12.7. The van der Waals surface area contributed by atoms with Crippen molar-refractivity contribution in [2.45, 2.75) is 38.9 Å². The normalized spacial score (nSPS) is 12.8. The molecule has 6 nitrogen and oxygen atoms in total. The Morgan fingerprint density at radius 2 is 1.89 bits per heavy atom. The van der Waals surface area contributed by atoms with Gasteiger partial charge in [0.2, 0.25) is 5.96 Å². The zero-order valence-electron chi connectivity index (χ0n) is 14.9. The summed E-state index contributed by atoms with van der Waals surface area (Å²) in [5.41, 5.74) is -1.25. The zero-order chi connectivity index (χ0) is 20.2. The number of nitrogens with one attached hydrogen (secondary N) is 3. The van der Waals surface area contributed by atoms with Crippen molar-refractivity contribution in [1.82, 2.24) is 15.5 Å². The van der Waals surface area contributed by atoms with E-state index in [4.69, 9.17) is 11.6 Å². The molecule has 146 valence electrons. The standard InChI is InChI=1S/C17H19ClF3N5O/c1-4-16(2,3)24-15(22-13-9-12(25-26-13)17(19,20)21)23-14(27)10-5-7-11(18)8-6-10/h5-9H,4H2,1-3H3,(H3,22,23,24,25,26,27). The number of nitrogens with zero attached hydrogens (tertiary/aromatic N) is 2. The number of alkyl halides is 3. The third-order valence-electron chi connectivity index (χ3n) is 3.75. The summed E-state index contributed by atoms with van der Waals surface area (Å²) in [7, 11) is 0. The van der Waals surface area contributed by atoms with Gasteiger partial charge in [0.15, 0.2) is 5.82 Å². The van der Waals surface area contributed by atoms with E-state index in [2.05, 4.69) is 20.7 Å². The number of rotatable bonds is 4. The van der Waals surface area contributed by atoms with Gasteiger partial charge in [-0.25, -0.2) is 4.99 Å². The van der Waals surface area contributed by atoms with Gasteiger partial charge in [0, 0.05) is 16.7 Å². The Morgan fingerprint density at radius 1 is 1.26 bits per heavy atom. The summed E-state index contributed by atoms with van der Waals surface area (Å²) in [5, 5.41) is 11.1. The van der Waals surface area contributed by atoms with Crippen LogP contribution in [-0.4, -0.2) is 27.6 Å². The number of hydrogen-bond acceptors (Lipinski definition) is 3. The molecule has 3 N–H and O–H groups in total. The number of guanidine groups is 1. The van der Waals surface area contributed by atoms with E-state index < -0.39 is 23.3 Å². The van der Waals surface area contributed by atoms with Gasteiger partial charge >= 0.3 is 6.18 Å². The molecule has 0 radical (unpaired) electrons. The van der Waals surface area contributed by atoms with Crippen molar-refractivity contribution >= 4 is 29.3 Å². The Kier molecular flexibility index (Phi) is 6.15. The number of carbonyl (C=O) groups is 1. The fourth-order valence-electron chi connectivity index (χ4n) is 1.90. The van der Waals surface area contributed by atoms with Crippen LogP contribution >= 0.6 is 11.6 Å². The summed E-state index contributed by atoms with van der Waals surface area (Å²) in [6, 6.07) is 6.95. The molecule has 0 unspecified atom stereocenters. The number of carbonyl (C=O) groups excluding carboxylic acids is 1. The van der Waals surface area contributed by atoms with E-state index in [1.807, 2.05) is 25.9 Å². The van der Waals surface area contributed by atoms with Crippen LogP contribution in [0.25, 0.3) is 0 Å². The molecule has 1 aromatic carbocycles. The second kappa shape index (κ2) is 7.99. The van der Waals surface area contributed by atoms with Gasteiger partial charge in [-0.1, -0.05) is 18.5 Å². The second-order valence-corrected chi connectivity index (χ2v) is 6.81. The highest BCUT2D eigenvalue weighted by Gasteiger charge is 2.33. The molecule has 2 rings (SSSR count). The summed E-state index contributed by atoms with van der Waals surface area (Å²) >= 11 is 5.80. The molecule has 0 aliphatic heterocycles. The smallest absolute Gasteiger partial charge is 0.309 e. The van der Waals surface area contributed by atoms with Gasteiger partial charge < -0.3 is 5.32 Å². The number of hydrogen-bond donors (Lipinski definition) is 3. The molecule has 0 fully saturated rings. The second-order valence-electron chi connectivity index (χ2n) is 6.38. The van der Waals surface area contributed by atoms with Gasteiger partial charge in [-0.2, -0.15) is 18.3 Å². The minimum Gasteiger partial charge on any atom is -0.309 e. The van der Waals surface area contributed by atoms with Gasteiger partial charge in [-0.15, -0.1) is 0 Å². The number of amides is 1. The third kappa shape index (κ3) is 5.99. The van der Waals surface area contributed by atoms with Gasteiger partial charge in [0.05, 0.1) is 5.54 Å². The van der Waals surface area contributed by atoms with E-state index in [-0.39, 0.29) is 11.8 Å². The minimum absolute atomic E-state index is 0.0120. The largest absolute Gasteiger partial charge is 0.432 e. The molecule has 1 amide bonds. The van der Waals surface area contributed by atoms with Crippen molar-refractivity contribution in [2.24, 2.45) is 4.99 Å². The quantitative estimate of drug-likeness (QED) is 0.522. The van der Waals surface area contributed by atoms with Crippen LogP contribution in [0.3, 0.4) is 0 Å². The van der Waals surface area contributed by atoms with Crippen molar-refractivity contribution in [2.75, 3.05) is 5.32 Å². The van der Waals surface area contributed by atoms with Gasteiger partial charge in [-0.05, 0) is 44.5 Å². The molecule has 27 heavy (non-hydrogen) atoms. The van der Waals surface area contributed by atoms with E-state index in [1.54, 1.807) is 12.1 Å². The summed E-state index contributed by atoms with van der Waals surface area (Å²) < 4.78 is 38.2. The molecule has 10 heteroatoms. The lowest BCUT2D eigenvalue weighted by Crippen LogP contribution is -2.38. The van der Waals surface area contributed by atoms with Crippen LogP contribution in [0.15, 0.2) is 35.3 Å². The average Bonchev–Trinajstić information content (AvgIpc) is 3.03. The highest BCUT2D eigenvalue weighted by Crippen LogP contribution is 2.28. The SMILES string of the molecule is CCC(C)(C)N=C(NC(=O)c1ccc(Cl)cc1)Nc1cc(C(F)(F)F)[nH]n1. The molecule has 0 aliphatic rings. The van der Waals surface area contributed by atoms with Crippen LogP contribution in [0.2, 0.25) is 5.02 Å². The van der Waals surface area contributed by atoms with E-state index in [1.165, 1.54) is 12.1 Å². The van der Waals surface area contributed by atoms with Gasteiger partial charge in [-0.3, -0.25) is 15.2 Å². The lowest BCUT2D eigenvalue weighted by molar-refractivity contribution is -0.141. The van der Waals surface area contributed by atoms with E-state index in [0.29, 0.717) is 17.0 Å². The Balaban J connectivity index is 2.25. The Bertz CT molecular complexity index is 828. The molecule has 0 aliphatic carbocycles. The first-order valence-electron chi connectivity index (χ1n) is 8.06. The Morgan fingerprint density at radius 3 is 2.41 bits per heavy atom. The van der Waals surface area contributed by atoms with Crippen molar-refractivity contribution in [3.05, 3.63) is 46.6 Å². The molecule has 2 aromatic rings. The summed E-state index contributed by atoms with van der Waals surface area (Å²) in [6.07, 6.45) is -3.91. The molecule has 0 spiro atoms. The van der Waals surface area contributed by atoms with Crippen LogP contribution in [-0.2, 0) is 6.18 Å². The summed E-state index contributed by atoms with van der Waals surface area (Å²) in [5.74, 6) is -0.622. The molecular formula is C17H19ClF3N5O. The van der Waals surface area contributed by atoms with E-state index >= 15 is 0 Å². The maximum Gasteiger partial charge on any atom is 0.432 e. The number of anilines is 1. The van der Waals surface area contributed by atoms with Crippen LogP contribution in [0.1, 0.15) is 43.2 Å². The minimum atomic E-state index is -4.56. The van der Waals surface area contributed by atoms with E-state index in [9.17, 15) is 18.0 Å². The predicted molar refractivity (Wildman–Crippen MR) is 97.9 cm³/mol. The number of aromatic nitrogens is 2. The fourth-order valence-corrected chi connectivity index (χ4v) is 2.03. The molecule has 0 atom stereocenters. The first-order chi connectivity index (χ1) is 12.5. The van der Waals surface area contributed by atoms with E-state index in [0.717, 1.165) is 6.07 Å². The van der Waals surface area contributed by atoms with Gasteiger partial charge in [0.25, 0.3) is 5.91 Å². The molecule has 0 saturated carbocycles. The van der Waals surface area contributed by atoms with Crippen molar-refractivity contribution in [3.8, 4) is 0 Å². The van der Waals surface area contributed by atoms with Crippen LogP contribution in [0.4, 0.5) is 19.0 Å². The molecule has 1 heterocycles. The number of aromatic amines is 1. The molecule has 0 saturated heterocycles. The van der Waals surface area contributed by atoms with Crippen LogP contribution in [0.5, 0.6) is 0 Å². The topological polar surface area (TPSA) is 82.2 Å². The third-order valence-corrected chi connectivity index (χ3v) is 4.00. The zero-order valence-corrected chi connectivity index (χ0v) is 15.7.